The van der Waals surface area contributed by atoms with E-state index < -0.39 is 0 Å². The zero-order valence-corrected chi connectivity index (χ0v) is 12.3. The number of aryl methyl sites for hydroxylation is 1. The van der Waals surface area contributed by atoms with Crippen molar-refractivity contribution in [3.8, 4) is 0 Å². The third-order valence-electron chi connectivity index (χ3n) is 5.54. The van der Waals surface area contributed by atoms with Crippen LogP contribution in [0.5, 0.6) is 0 Å². The van der Waals surface area contributed by atoms with Crippen LogP contribution in [0.15, 0.2) is 18.2 Å². The lowest BCUT2D eigenvalue weighted by atomic mass is 9.80. The monoisotopic (exact) mass is 268 g/mol. The average Bonchev–Trinajstić information content (AvgIpc) is 2.89. The van der Waals surface area contributed by atoms with Crippen molar-refractivity contribution in [2.75, 3.05) is 6.54 Å². The van der Waals surface area contributed by atoms with E-state index in [0.29, 0.717) is 18.2 Å². The number of hydrogen-bond acceptors (Lipinski definition) is 1. The molecular formula is C17H20N2O. The Morgan fingerprint density at radius 2 is 2.20 bits per heavy atom. The van der Waals surface area contributed by atoms with Gasteiger partial charge in [0, 0.05) is 29.6 Å². The van der Waals surface area contributed by atoms with Gasteiger partial charge in [-0.05, 0) is 37.3 Å². The molecule has 0 unspecified atom stereocenters. The van der Waals surface area contributed by atoms with Crippen LogP contribution in [0, 0.1) is 12.8 Å². The van der Waals surface area contributed by atoms with Crippen molar-refractivity contribution in [2.45, 2.75) is 39.2 Å². The molecule has 2 aromatic rings. The van der Waals surface area contributed by atoms with Gasteiger partial charge in [-0.2, -0.15) is 0 Å². The number of carbonyl (C=O) groups excluding carboxylic acids is 1. The maximum atomic E-state index is 12.2. The van der Waals surface area contributed by atoms with Gasteiger partial charge in [-0.1, -0.05) is 25.1 Å². The zero-order valence-electron chi connectivity index (χ0n) is 12.3. The van der Waals surface area contributed by atoms with Crippen molar-refractivity contribution in [2.24, 2.45) is 5.92 Å². The normalized spacial score (nSPS) is 28.9. The molecule has 104 valence electrons. The highest BCUT2D eigenvalue weighted by Gasteiger charge is 2.52. The number of aromatic amines is 1. The molecule has 1 aromatic carbocycles. The number of fused-ring (bicyclic) bond motifs is 5. The molecule has 1 amide bonds. The summed E-state index contributed by atoms with van der Waals surface area (Å²) in [4.78, 5) is 18.0. The van der Waals surface area contributed by atoms with Crippen LogP contribution in [0.25, 0.3) is 10.9 Å². The van der Waals surface area contributed by atoms with E-state index >= 15 is 0 Å². The maximum Gasteiger partial charge on any atom is 0.223 e. The van der Waals surface area contributed by atoms with Gasteiger partial charge < -0.3 is 9.88 Å². The molecule has 4 rings (SSSR count). The summed E-state index contributed by atoms with van der Waals surface area (Å²) in [5.41, 5.74) is 5.06. The maximum absolute atomic E-state index is 12.2. The van der Waals surface area contributed by atoms with Gasteiger partial charge in [0.15, 0.2) is 0 Å². The number of H-pyrrole nitrogens is 1. The van der Waals surface area contributed by atoms with E-state index in [0.717, 1.165) is 13.0 Å². The summed E-state index contributed by atoms with van der Waals surface area (Å²) in [6.45, 7) is 7.43. The lowest BCUT2D eigenvalue weighted by Crippen LogP contribution is -2.48. The number of benzene rings is 1. The molecule has 0 saturated carbocycles. The summed E-state index contributed by atoms with van der Waals surface area (Å²) in [6, 6.07) is 6.48. The van der Waals surface area contributed by atoms with Gasteiger partial charge in [0.2, 0.25) is 5.91 Å². The zero-order chi connectivity index (χ0) is 14.1. The summed E-state index contributed by atoms with van der Waals surface area (Å²) in [5.74, 6) is 0.670. The van der Waals surface area contributed by atoms with Crippen molar-refractivity contribution in [3.05, 3.63) is 35.0 Å². The van der Waals surface area contributed by atoms with Crippen LogP contribution in [-0.2, 0) is 16.8 Å². The Bertz CT molecular complexity index is 730. The first kappa shape index (κ1) is 12.0. The summed E-state index contributed by atoms with van der Waals surface area (Å²) in [6.07, 6.45) is 1.64. The van der Waals surface area contributed by atoms with E-state index in [4.69, 9.17) is 0 Å². The number of nitrogens with one attached hydrogen (secondary N) is 1. The minimum atomic E-state index is -0.157. The van der Waals surface area contributed by atoms with Crippen molar-refractivity contribution in [1.82, 2.24) is 9.88 Å². The molecule has 0 spiro atoms. The Balaban J connectivity index is 2.03. The highest BCUT2D eigenvalue weighted by Crippen LogP contribution is 2.48. The van der Waals surface area contributed by atoms with E-state index in [2.05, 4.69) is 48.9 Å². The molecule has 3 heteroatoms. The quantitative estimate of drug-likeness (QED) is 0.783. The van der Waals surface area contributed by atoms with E-state index in [1.807, 2.05) is 0 Å². The molecule has 1 aromatic heterocycles. The van der Waals surface area contributed by atoms with Crippen LogP contribution in [0.3, 0.4) is 0 Å². The molecule has 0 bridgehead atoms. The first-order valence-electron chi connectivity index (χ1n) is 7.44. The van der Waals surface area contributed by atoms with Gasteiger partial charge >= 0.3 is 0 Å². The van der Waals surface area contributed by atoms with E-state index in [1.54, 1.807) is 0 Å². The second-order valence-electron chi connectivity index (χ2n) is 6.52. The second kappa shape index (κ2) is 3.66. The molecule has 1 N–H and O–H groups in total. The van der Waals surface area contributed by atoms with Crippen LogP contribution in [-0.4, -0.2) is 22.3 Å². The van der Waals surface area contributed by atoms with Crippen LogP contribution < -0.4 is 0 Å². The molecule has 0 aliphatic carbocycles. The topological polar surface area (TPSA) is 36.1 Å². The Kier molecular flexibility index (Phi) is 2.20. The highest BCUT2D eigenvalue weighted by atomic mass is 16.2. The molecule has 2 aliphatic rings. The van der Waals surface area contributed by atoms with Crippen LogP contribution >= 0.6 is 0 Å². The summed E-state index contributed by atoms with van der Waals surface area (Å²) < 4.78 is 0. The largest absolute Gasteiger partial charge is 0.356 e. The summed E-state index contributed by atoms with van der Waals surface area (Å²) in [7, 11) is 0. The van der Waals surface area contributed by atoms with Crippen molar-refractivity contribution in [1.29, 1.82) is 0 Å². The fourth-order valence-corrected chi connectivity index (χ4v) is 4.17. The molecule has 3 nitrogen and oxygen atoms in total. The van der Waals surface area contributed by atoms with Crippen molar-refractivity contribution < 1.29 is 4.79 Å². The van der Waals surface area contributed by atoms with Gasteiger partial charge in [0.1, 0.15) is 0 Å². The van der Waals surface area contributed by atoms with Gasteiger partial charge in [0.25, 0.3) is 0 Å². The molecule has 2 aliphatic heterocycles. The van der Waals surface area contributed by atoms with E-state index in [-0.39, 0.29) is 5.54 Å². The number of amides is 1. The number of hydrogen-bond donors (Lipinski definition) is 1. The average molecular weight is 268 g/mol. The third kappa shape index (κ3) is 1.23. The van der Waals surface area contributed by atoms with Crippen LogP contribution in [0.2, 0.25) is 0 Å². The lowest BCUT2D eigenvalue weighted by molar-refractivity contribution is -0.131. The first-order valence-corrected chi connectivity index (χ1v) is 7.44. The smallest absolute Gasteiger partial charge is 0.223 e. The predicted octanol–water partition coefficient (Wildman–Crippen LogP) is 3.12. The predicted molar refractivity (Wildman–Crippen MR) is 79.6 cm³/mol. The van der Waals surface area contributed by atoms with Gasteiger partial charge in [-0.25, -0.2) is 0 Å². The van der Waals surface area contributed by atoms with Gasteiger partial charge in [-0.3, -0.25) is 4.79 Å². The number of carbonyl (C=O) groups is 1. The molecule has 3 heterocycles. The SMILES string of the molecule is Cc1cccc2c3c([nH]c12)[C@@]1(C)[C@H](C)CC(=O)N1CC3. The minimum absolute atomic E-state index is 0.157. The Morgan fingerprint density at radius 1 is 1.40 bits per heavy atom. The minimum Gasteiger partial charge on any atom is -0.356 e. The summed E-state index contributed by atoms with van der Waals surface area (Å²) >= 11 is 0. The molecule has 1 saturated heterocycles. The van der Waals surface area contributed by atoms with Crippen LogP contribution in [0.4, 0.5) is 0 Å². The second-order valence-corrected chi connectivity index (χ2v) is 6.52. The van der Waals surface area contributed by atoms with E-state index in [9.17, 15) is 4.79 Å². The Morgan fingerprint density at radius 3 is 3.00 bits per heavy atom. The number of para-hydroxylation sites is 1. The highest BCUT2D eigenvalue weighted by molar-refractivity contribution is 5.89. The van der Waals surface area contributed by atoms with Crippen molar-refractivity contribution >= 4 is 16.8 Å². The van der Waals surface area contributed by atoms with Crippen LogP contribution in [0.1, 0.15) is 37.1 Å². The molecule has 1 fully saturated rings. The Labute approximate surface area is 119 Å². The number of nitrogens with zero attached hydrogens (tertiary/aromatic N) is 1. The molecule has 0 radical (unpaired) electrons. The fourth-order valence-electron chi connectivity index (χ4n) is 4.17. The number of aromatic nitrogens is 1. The molecule has 20 heavy (non-hydrogen) atoms. The standard InChI is InChI=1S/C17H20N2O/c1-10-5-4-6-12-13-7-8-19-14(20)9-11(2)17(19,3)16(13)18-15(10)12/h4-6,11,18H,7-9H2,1-3H3/t11-,17-/m1/s1. The Hall–Kier alpha value is -1.77. The van der Waals surface area contributed by atoms with Gasteiger partial charge in [0.05, 0.1) is 5.54 Å². The van der Waals surface area contributed by atoms with Gasteiger partial charge in [-0.15, -0.1) is 0 Å². The third-order valence-corrected chi connectivity index (χ3v) is 5.54. The molecular weight excluding hydrogens is 248 g/mol. The number of rotatable bonds is 0. The fraction of sp³-hybridized carbons (Fsp3) is 0.471. The first-order chi connectivity index (χ1) is 9.53. The van der Waals surface area contributed by atoms with E-state index in [1.165, 1.54) is 27.7 Å². The molecule has 2 atom stereocenters. The lowest BCUT2D eigenvalue weighted by Gasteiger charge is -2.42. The van der Waals surface area contributed by atoms with Crippen molar-refractivity contribution in [3.63, 3.8) is 0 Å². The summed E-state index contributed by atoms with van der Waals surface area (Å²) in [5, 5.41) is 1.34.